The Bertz CT molecular complexity index is 524. The van der Waals surface area contributed by atoms with Gasteiger partial charge in [0.1, 0.15) is 5.76 Å². The van der Waals surface area contributed by atoms with Crippen LogP contribution in [0.2, 0.25) is 0 Å². The molecule has 0 unspecified atom stereocenters. The zero-order valence-electron chi connectivity index (χ0n) is 10.3. The Morgan fingerprint density at radius 3 is 2.83 bits per heavy atom. The number of nitrogens with one attached hydrogen (secondary N) is 1. The number of carbonyl (C=O) groups excluding carboxylic acids is 1. The van der Waals surface area contributed by atoms with Gasteiger partial charge in [-0.2, -0.15) is 0 Å². The molecule has 0 heterocycles. The van der Waals surface area contributed by atoms with Gasteiger partial charge in [0.25, 0.3) is 0 Å². The third kappa shape index (κ3) is 3.84. The molecule has 0 bridgehead atoms. The fourth-order valence-corrected chi connectivity index (χ4v) is 1.33. The zero-order chi connectivity index (χ0) is 13.5. The average Bonchev–Trinajstić information content (AvgIpc) is 2.37. The maximum absolute atomic E-state index is 11.7. The summed E-state index contributed by atoms with van der Waals surface area (Å²) in [7, 11) is 1.49. The normalized spacial score (nSPS) is 9.11. The second-order valence-electron chi connectivity index (χ2n) is 3.68. The van der Waals surface area contributed by atoms with Crippen LogP contribution in [0.25, 0.3) is 0 Å². The second-order valence-corrected chi connectivity index (χ2v) is 3.68. The molecule has 0 saturated carbocycles. The van der Waals surface area contributed by atoms with Crippen molar-refractivity contribution in [1.29, 1.82) is 0 Å². The van der Waals surface area contributed by atoms with E-state index in [1.807, 2.05) is 0 Å². The van der Waals surface area contributed by atoms with Crippen LogP contribution in [0.3, 0.4) is 0 Å². The van der Waals surface area contributed by atoms with Crippen LogP contribution in [-0.4, -0.2) is 13.0 Å². The van der Waals surface area contributed by atoms with Crippen LogP contribution in [0, 0.1) is 12.3 Å². The van der Waals surface area contributed by atoms with Gasteiger partial charge in [0.15, 0.2) is 0 Å². The predicted octanol–water partition coefficient (Wildman–Crippen LogP) is 2.71. The molecule has 0 atom stereocenters. The molecule has 1 aromatic carbocycles. The van der Waals surface area contributed by atoms with E-state index >= 15 is 0 Å². The number of rotatable bonds is 5. The Kier molecular flexibility index (Phi) is 4.77. The van der Waals surface area contributed by atoms with Gasteiger partial charge in [0.2, 0.25) is 5.91 Å². The lowest BCUT2D eigenvalue weighted by Gasteiger charge is -2.09. The van der Waals surface area contributed by atoms with Crippen LogP contribution in [0.1, 0.15) is 12.0 Å². The highest BCUT2D eigenvalue weighted by molar-refractivity contribution is 5.92. The molecule has 18 heavy (non-hydrogen) atoms. The highest BCUT2D eigenvalue weighted by Gasteiger charge is 2.08. The molecular formula is C15H15NO2. The predicted molar refractivity (Wildman–Crippen MR) is 72.9 cm³/mol. The first-order valence-corrected chi connectivity index (χ1v) is 5.34. The van der Waals surface area contributed by atoms with Crippen molar-refractivity contribution < 1.29 is 9.53 Å². The van der Waals surface area contributed by atoms with E-state index in [4.69, 9.17) is 11.2 Å². The van der Waals surface area contributed by atoms with Gasteiger partial charge in [-0.15, -0.1) is 6.42 Å². The van der Waals surface area contributed by atoms with Crippen LogP contribution >= 0.6 is 0 Å². The monoisotopic (exact) mass is 241 g/mol. The number of hydrogen-bond donors (Lipinski definition) is 1. The quantitative estimate of drug-likeness (QED) is 0.489. The average molecular weight is 241 g/mol. The summed E-state index contributed by atoms with van der Waals surface area (Å²) in [6.45, 7) is 7.36. The minimum atomic E-state index is -0.188. The van der Waals surface area contributed by atoms with Gasteiger partial charge < -0.3 is 10.1 Å². The molecule has 3 heteroatoms. The van der Waals surface area contributed by atoms with Crippen LogP contribution in [0.15, 0.2) is 48.8 Å². The number of carbonyl (C=O) groups is 1. The molecule has 1 rings (SSSR count). The SMILES string of the molecule is C#Cc1cccc(NC(=O)CC(=C)C(=C)OC)c1. The molecular weight excluding hydrogens is 226 g/mol. The van der Waals surface area contributed by atoms with E-state index < -0.39 is 0 Å². The van der Waals surface area contributed by atoms with Crippen molar-refractivity contribution in [3.63, 3.8) is 0 Å². The van der Waals surface area contributed by atoms with E-state index in [1.165, 1.54) is 7.11 Å². The maximum atomic E-state index is 11.7. The van der Waals surface area contributed by atoms with Crippen molar-refractivity contribution in [3.8, 4) is 12.3 Å². The summed E-state index contributed by atoms with van der Waals surface area (Å²) in [6, 6.07) is 7.08. The number of ether oxygens (including phenoxy) is 1. The third-order valence-corrected chi connectivity index (χ3v) is 2.33. The van der Waals surface area contributed by atoms with Crippen LogP contribution < -0.4 is 5.32 Å². The largest absolute Gasteiger partial charge is 0.497 e. The number of hydrogen-bond acceptors (Lipinski definition) is 2. The molecule has 0 fully saturated rings. The molecule has 1 aromatic rings. The molecule has 92 valence electrons. The fourth-order valence-electron chi connectivity index (χ4n) is 1.33. The van der Waals surface area contributed by atoms with Gasteiger partial charge >= 0.3 is 0 Å². The molecule has 0 aliphatic carbocycles. The third-order valence-electron chi connectivity index (χ3n) is 2.33. The minimum Gasteiger partial charge on any atom is -0.497 e. The molecule has 0 aromatic heterocycles. The first kappa shape index (κ1) is 13.6. The van der Waals surface area contributed by atoms with Gasteiger partial charge in [-0.25, -0.2) is 0 Å². The number of anilines is 1. The Labute approximate surface area is 107 Å². The standard InChI is InChI=1S/C15H15NO2/c1-5-13-7-6-8-14(10-13)16-15(17)9-11(2)12(3)18-4/h1,6-8,10H,2-3,9H2,4H3,(H,16,17). The molecule has 0 saturated heterocycles. The highest BCUT2D eigenvalue weighted by Crippen LogP contribution is 2.14. The molecule has 0 radical (unpaired) electrons. The van der Waals surface area contributed by atoms with E-state index in [2.05, 4.69) is 24.4 Å². The zero-order valence-corrected chi connectivity index (χ0v) is 10.3. The molecule has 3 nitrogen and oxygen atoms in total. The lowest BCUT2D eigenvalue weighted by atomic mass is 10.1. The Morgan fingerprint density at radius 2 is 2.22 bits per heavy atom. The van der Waals surface area contributed by atoms with Crippen LogP contribution in [0.5, 0.6) is 0 Å². The van der Waals surface area contributed by atoms with E-state index in [9.17, 15) is 4.79 Å². The lowest BCUT2D eigenvalue weighted by molar-refractivity contribution is -0.115. The summed E-state index contributed by atoms with van der Waals surface area (Å²) < 4.78 is 4.90. The van der Waals surface area contributed by atoms with Gasteiger partial charge in [-0.05, 0) is 23.8 Å². The van der Waals surface area contributed by atoms with Gasteiger partial charge in [0, 0.05) is 11.3 Å². The van der Waals surface area contributed by atoms with E-state index in [0.29, 0.717) is 22.6 Å². The van der Waals surface area contributed by atoms with Gasteiger partial charge in [-0.1, -0.05) is 25.1 Å². The highest BCUT2D eigenvalue weighted by atomic mass is 16.5. The van der Waals surface area contributed by atoms with E-state index in [-0.39, 0.29) is 12.3 Å². The molecule has 1 amide bonds. The maximum Gasteiger partial charge on any atom is 0.228 e. The Balaban J connectivity index is 2.62. The lowest BCUT2D eigenvalue weighted by Crippen LogP contribution is -2.12. The van der Waals surface area contributed by atoms with Crippen LogP contribution in [-0.2, 0) is 9.53 Å². The molecule has 0 aliphatic heterocycles. The fraction of sp³-hybridized carbons (Fsp3) is 0.133. The minimum absolute atomic E-state index is 0.132. The van der Waals surface area contributed by atoms with Crippen molar-refractivity contribution >= 4 is 11.6 Å². The summed E-state index contributed by atoms with van der Waals surface area (Å²) in [5.41, 5.74) is 1.92. The Morgan fingerprint density at radius 1 is 1.50 bits per heavy atom. The summed E-state index contributed by atoms with van der Waals surface area (Å²) in [6.07, 6.45) is 5.41. The summed E-state index contributed by atoms with van der Waals surface area (Å²) in [5.74, 6) is 2.72. The van der Waals surface area contributed by atoms with Crippen molar-refractivity contribution in [1.82, 2.24) is 0 Å². The number of terminal acetylenes is 1. The number of amides is 1. The van der Waals surface area contributed by atoms with E-state index in [1.54, 1.807) is 24.3 Å². The van der Waals surface area contributed by atoms with Crippen molar-refractivity contribution in [2.75, 3.05) is 12.4 Å². The first-order chi connectivity index (χ1) is 8.56. The number of allylic oxidation sites excluding steroid dienone is 1. The van der Waals surface area contributed by atoms with E-state index in [0.717, 1.165) is 0 Å². The first-order valence-electron chi connectivity index (χ1n) is 5.34. The molecule has 0 spiro atoms. The van der Waals surface area contributed by atoms with Crippen molar-refractivity contribution in [2.45, 2.75) is 6.42 Å². The molecule has 1 N–H and O–H groups in total. The Hall–Kier alpha value is -2.47. The van der Waals surface area contributed by atoms with Crippen molar-refractivity contribution in [3.05, 3.63) is 54.3 Å². The smallest absolute Gasteiger partial charge is 0.228 e. The second kappa shape index (κ2) is 6.31. The topological polar surface area (TPSA) is 38.3 Å². The number of methoxy groups -OCH3 is 1. The van der Waals surface area contributed by atoms with Gasteiger partial charge in [-0.3, -0.25) is 4.79 Å². The van der Waals surface area contributed by atoms with Gasteiger partial charge in [0.05, 0.1) is 13.5 Å². The summed E-state index contributed by atoms with van der Waals surface area (Å²) in [5, 5.41) is 2.73. The summed E-state index contributed by atoms with van der Waals surface area (Å²) in [4.78, 5) is 11.7. The molecule has 0 aliphatic rings. The van der Waals surface area contributed by atoms with Crippen molar-refractivity contribution in [2.24, 2.45) is 0 Å². The summed E-state index contributed by atoms with van der Waals surface area (Å²) >= 11 is 0. The van der Waals surface area contributed by atoms with Crippen LogP contribution in [0.4, 0.5) is 5.69 Å². The number of benzene rings is 1.